The summed E-state index contributed by atoms with van der Waals surface area (Å²) >= 11 is 6.09. The summed E-state index contributed by atoms with van der Waals surface area (Å²) in [6.07, 6.45) is 1.17. The van der Waals surface area contributed by atoms with Gasteiger partial charge >= 0.3 is 0 Å². The Kier molecular flexibility index (Phi) is 4.56. The molecule has 0 fully saturated rings. The van der Waals surface area contributed by atoms with Crippen LogP contribution < -0.4 is 16.8 Å². The Balaban J connectivity index is 2.35. The second-order valence-corrected chi connectivity index (χ2v) is 8.22. The fraction of sp³-hybridized carbons (Fsp3) is 0.400. The molecule has 1 atom stereocenters. The maximum absolute atomic E-state index is 12.5. The fourth-order valence-corrected chi connectivity index (χ4v) is 4.44. The first-order chi connectivity index (χ1) is 11.3. The lowest BCUT2D eigenvalue weighted by atomic mass is 10.2. The molecule has 9 heteroatoms. The highest BCUT2D eigenvalue weighted by atomic mass is 35.5. The van der Waals surface area contributed by atoms with Crippen molar-refractivity contribution in [3.8, 4) is 0 Å². The SMILES string of the molecule is CS(=O)(=O)c1c(C(N)CN)n(CC2=NCCN2)c2ccc(Cl)cc12. The summed E-state index contributed by atoms with van der Waals surface area (Å²) in [5.41, 5.74) is 13.1. The minimum atomic E-state index is -3.52. The number of aromatic nitrogens is 1. The largest absolute Gasteiger partial charge is 0.370 e. The Morgan fingerprint density at radius 2 is 2.21 bits per heavy atom. The lowest BCUT2D eigenvalue weighted by Gasteiger charge is -2.16. The van der Waals surface area contributed by atoms with Crippen molar-refractivity contribution in [1.29, 1.82) is 0 Å². The quantitative estimate of drug-likeness (QED) is 0.716. The van der Waals surface area contributed by atoms with E-state index in [1.807, 2.05) is 4.57 Å². The van der Waals surface area contributed by atoms with E-state index >= 15 is 0 Å². The first-order valence-corrected chi connectivity index (χ1v) is 9.84. The van der Waals surface area contributed by atoms with Gasteiger partial charge in [0.2, 0.25) is 0 Å². The zero-order valence-electron chi connectivity index (χ0n) is 13.3. The van der Waals surface area contributed by atoms with Crippen LogP contribution in [0.2, 0.25) is 5.02 Å². The molecular weight excluding hydrogens is 350 g/mol. The van der Waals surface area contributed by atoms with Crippen molar-refractivity contribution < 1.29 is 8.42 Å². The van der Waals surface area contributed by atoms with E-state index in [-0.39, 0.29) is 11.4 Å². The van der Waals surface area contributed by atoms with Gasteiger partial charge in [-0.3, -0.25) is 4.99 Å². The molecule has 1 unspecified atom stereocenters. The van der Waals surface area contributed by atoms with E-state index in [4.69, 9.17) is 23.1 Å². The number of nitrogens with one attached hydrogen (secondary N) is 1. The maximum Gasteiger partial charge on any atom is 0.177 e. The monoisotopic (exact) mass is 369 g/mol. The molecule has 0 aliphatic carbocycles. The maximum atomic E-state index is 12.5. The van der Waals surface area contributed by atoms with Crippen molar-refractivity contribution in [3.63, 3.8) is 0 Å². The number of halogens is 1. The van der Waals surface area contributed by atoms with Gasteiger partial charge in [0, 0.05) is 29.8 Å². The highest BCUT2D eigenvalue weighted by Gasteiger charge is 2.28. The first kappa shape index (κ1) is 17.2. The molecular formula is C15H20ClN5O2S. The van der Waals surface area contributed by atoms with Crippen molar-refractivity contribution in [2.75, 3.05) is 25.9 Å². The van der Waals surface area contributed by atoms with Gasteiger partial charge in [0.15, 0.2) is 9.84 Å². The van der Waals surface area contributed by atoms with Crippen LogP contribution in [0, 0.1) is 0 Å². The van der Waals surface area contributed by atoms with Crippen molar-refractivity contribution in [2.24, 2.45) is 16.5 Å². The van der Waals surface area contributed by atoms with Crippen LogP contribution in [0.5, 0.6) is 0 Å². The Bertz CT molecular complexity index is 920. The normalized spacial score (nSPS) is 16.2. The molecule has 0 saturated heterocycles. The first-order valence-electron chi connectivity index (χ1n) is 7.57. The number of amidine groups is 1. The Morgan fingerprint density at radius 3 is 2.79 bits per heavy atom. The summed E-state index contributed by atoms with van der Waals surface area (Å²) in [7, 11) is -3.52. The van der Waals surface area contributed by atoms with Gasteiger partial charge in [-0.2, -0.15) is 0 Å². The van der Waals surface area contributed by atoms with Gasteiger partial charge in [-0.1, -0.05) is 11.6 Å². The van der Waals surface area contributed by atoms with Gasteiger partial charge in [-0.05, 0) is 18.2 Å². The fourth-order valence-electron chi connectivity index (χ4n) is 3.06. The van der Waals surface area contributed by atoms with Crippen LogP contribution in [0.3, 0.4) is 0 Å². The molecule has 1 aliphatic rings. The molecule has 7 nitrogen and oxygen atoms in total. The van der Waals surface area contributed by atoms with E-state index in [1.54, 1.807) is 18.2 Å². The molecule has 1 aliphatic heterocycles. The Hall–Kier alpha value is -1.61. The molecule has 0 bridgehead atoms. The number of benzene rings is 1. The van der Waals surface area contributed by atoms with Crippen molar-refractivity contribution >= 4 is 38.2 Å². The lowest BCUT2D eigenvalue weighted by Crippen LogP contribution is -2.29. The van der Waals surface area contributed by atoms with Gasteiger partial charge in [-0.25, -0.2) is 8.42 Å². The number of hydrogen-bond donors (Lipinski definition) is 3. The number of aliphatic imine (C=N–C) groups is 1. The van der Waals surface area contributed by atoms with Gasteiger partial charge in [0.05, 0.1) is 35.2 Å². The molecule has 0 amide bonds. The van der Waals surface area contributed by atoms with Gasteiger partial charge in [0.1, 0.15) is 5.84 Å². The minimum Gasteiger partial charge on any atom is -0.370 e. The van der Waals surface area contributed by atoms with E-state index in [2.05, 4.69) is 10.3 Å². The highest BCUT2D eigenvalue weighted by molar-refractivity contribution is 7.91. The average Bonchev–Trinajstić information content (AvgIpc) is 3.12. The van der Waals surface area contributed by atoms with Gasteiger partial charge < -0.3 is 21.4 Å². The van der Waals surface area contributed by atoms with Crippen LogP contribution in [0.25, 0.3) is 10.9 Å². The van der Waals surface area contributed by atoms with E-state index in [0.29, 0.717) is 29.2 Å². The van der Waals surface area contributed by atoms with E-state index in [0.717, 1.165) is 17.9 Å². The third kappa shape index (κ3) is 3.02. The molecule has 1 aromatic heterocycles. The molecule has 0 saturated carbocycles. The van der Waals surface area contributed by atoms with Crippen LogP contribution >= 0.6 is 11.6 Å². The second-order valence-electron chi connectivity index (χ2n) is 5.83. The Labute approximate surface area is 145 Å². The molecule has 2 heterocycles. The molecule has 0 radical (unpaired) electrons. The van der Waals surface area contributed by atoms with Gasteiger partial charge in [-0.15, -0.1) is 0 Å². The predicted octanol–water partition coefficient (Wildman–Crippen LogP) is 0.658. The molecule has 1 aromatic carbocycles. The summed E-state index contributed by atoms with van der Waals surface area (Å²) in [6, 6.07) is 4.58. The van der Waals surface area contributed by atoms with E-state index in [9.17, 15) is 8.42 Å². The van der Waals surface area contributed by atoms with Crippen LogP contribution in [-0.2, 0) is 16.4 Å². The van der Waals surface area contributed by atoms with Crippen LogP contribution in [-0.4, -0.2) is 44.7 Å². The molecule has 0 spiro atoms. The highest BCUT2D eigenvalue weighted by Crippen LogP contribution is 2.34. The minimum absolute atomic E-state index is 0.131. The standard InChI is InChI=1S/C15H20ClN5O2S/c1-24(22,23)15-10-6-9(16)2-3-12(10)21(14(15)11(18)7-17)8-13-19-4-5-20-13/h2-3,6,11H,4-5,7-8,17-18H2,1H3,(H,19,20). The third-order valence-corrected chi connectivity index (χ3v) is 5.45. The topological polar surface area (TPSA) is 115 Å². The van der Waals surface area contributed by atoms with Crippen molar-refractivity contribution in [2.45, 2.75) is 17.5 Å². The molecule has 24 heavy (non-hydrogen) atoms. The number of nitrogens with zero attached hydrogens (tertiary/aromatic N) is 2. The van der Waals surface area contributed by atoms with Crippen LogP contribution in [0.15, 0.2) is 28.1 Å². The summed E-state index contributed by atoms with van der Waals surface area (Å²) in [5, 5.41) is 4.22. The second kappa shape index (κ2) is 6.36. The number of nitrogens with two attached hydrogens (primary N) is 2. The molecule has 130 valence electrons. The number of hydrogen-bond acceptors (Lipinski definition) is 6. The van der Waals surface area contributed by atoms with Crippen LogP contribution in [0.4, 0.5) is 0 Å². The summed E-state index contributed by atoms with van der Waals surface area (Å²) in [6.45, 7) is 2.03. The van der Waals surface area contributed by atoms with Gasteiger partial charge in [0.25, 0.3) is 0 Å². The molecule has 2 aromatic rings. The van der Waals surface area contributed by atoms with Crippen LogP contribution in [0.1, 0.15) is 11.7 Å². The summed E-state index contributed by atoms with van der Waals surface area (Å²) in [5.74, 6) is 0.798. The lowest BCUT2D eigenvalue weighted by molar-refractivity contribution is 0.593. The smallest absolute Gasteiger partial charge is 0.177 e. The van der Waals surface area contributed by atoms with E-state index < -0.39 is 15.9 Å². The summed E-state index contributed by atoms with van der Waals surface area (Å²) < 4.78 is 26.8. The molecule has 3 rings (SSSR count). The average molecular weight is 370 g/mol. The zero-order chi connectivity index (χ0) is 17.5. The predicted molar refractivity (Wildman–Crippen MR) is 96.3 cm³/mol. The van der Waals surface area contributed by atoms with E-state index in [1.165, 1.54) is 6.26 Å². The van der Waals surface area contributed by atoms with Crippen molar-refractivity contribution in [3.05, 3.63) is 28.9 Å². The number of fused-ring (bicyclic) bond motifs is 1. The number of sulfone groups is 1. The third-order valence-electron chi connectivity index (χ3n) is 4.04. The number of rotatable bonds is 5. The Morgan fingerprint density at radius 1 is 1.46 bits per heavy atom. The zero-order valence-corrected chi connectivity index (χ0v) is 14.9. The summed E-state index contributed by atoms with van der Waals surface area (Å²) in [4.78, 5) is 4.58. The molecule has 5 N–H and O–H groups in total. The van der Waals surface area contributed by atoms with Crippen molar-refractivity contribution in [1.82, 2.24) is 9.88 Å².